The summed E-state index contributed by atoms with van der Waals surface area (Å²) < 4.78 is 11.5. The van der Waals surface area contributed by atoms with Gasteiger partial charge in [0, 0.05) is 5.41 Å². The van der Waals surface area contributed by atoms with Crippen molar-refractivity contribution in [3.63, 3.8) is 0 Å². The molecule has 0 aliphatic heterocycles. The van der Waals surface area contributed by atoms with Crippen LogP contribution in [0.1, 0.15) is 65.1 Å². The maximum Gasteiger partial charge on any atom is 0.363 e. The third-order valence-electron chi connectivity index (χ3n) is 4.07. The Balaban J connectivity index is 2.14. The van der Waals surface area contributed by atoms with Gasteiger partial charge in [0.1, 0.15) is 5.69 Å². The number of hydrogen-bond donors (Lipinski definition) is 2. The Kier molecular flexibility index (Phi) is 8.18. The molecular weight excluding hydrogens is 370 g/mol. The quantitative estimate of drug-likeness (QED) is 0.356. The van der Waals surface area contributed by atoms with Crippen LogP contribution in [0.2, 0.25) is 0 Å². The van der Waals surface area contributed by atoms with Gasteiger partial charge in [-0.05, 0) is 37.1 Å². The molecule has 0 fully saturated rings. The van der Waals surface area contributed by atoms with Crippen LogP contribution in [0.25, 0.3) is 0 Å². The molecule has 0 atom stereocenters. The molecule has 1 aromatic heterocycles. The van der Waals surface area contributed by atoms with Crippen LogP contribution in [0.5, 0.6) is 11.5 Å². The summed E-state index contributed by atoms with van der Waals surface area (Å²) in [7, 11) is 0. The van der Waals surface area contributed by atoms with E-state index in [2.05, 4.69) is 32.6 Å². The highest BCUT2D eigenvalue weighted by molar-refractivity contribution is 5.81. The van der Waals surface area contributed by atoms with Crippen molar-refractivity contribution >= 4 is 12.0 Å². The minimum Gasteiger partial charge on any atom is -0.490 e. The van der Waals surface area contributed by atoms with E-state index in [1.807, 2.05) is 45.9 Å². The van der Waals surface area contributed by atoms with Crippen LogP contribution in [0.4, 0.5) is 5.82 Å². The largest absolute Gasteiger partial charge is 0.490 e. The number of hydrogen-bond acceptors (Lipinski definition) is 7. The summed E-state index contributed by atoms with van der Waals surface area (Å²) in [4.78, 5) is 15.5. The molecule has 0 radical (unpaired) electrons. The number of unbranched alkanes of at least 4 members (excludes halogenated alkanes) is 2. The zero-order valence-electron chi connectivity index (χ0n) is 17.9. The average Bonchev–Trinajstić information content (AvgIpc) is 2.66. The second-order valence-electron chi connectivity index (χ2n) is 7.65. The van der Waals surface area contributed by atoms with Gasteiger partial charge in [-0.15, -0.1) is 0 Å². The topological polar surface area (TPSA) is 101 Å². The van der Waals surface area contributed by atoms with E-state index in [-0.39, 0.29) is 5.41 Å². The first-order valence-corrected chi connectivity index (χ1v) is 10.0. The van der Waals surface area contributed by atoms with Gasteiger partial charge in [0.15, 0.2) is 17.3 Å². The van der Waals surface area contributed by atoms with Crippen molar-refractivity contribution < 1.29 is 9.47 Å². The highest BCUT2D eigenvalue weighted by Crippen LogP contribution is 2.28. The van der Waals surface area contributed by atoms with Crippen molar-refractivity contribution in [3.05, 3.63) is 39.9 Å². The molecule has 0 saturated carbocycles. The number of rotatable bonds is 10. The standard InChI is InChI=1S/C21H31N5O3/c1-6-8-9-12-29-16-11-10-15(13-17(16)28-7-2)14-22-25-19-18(21(3,4)5)24-26-20(27)23-19/h10-11,13-14H,6-9,12H2,1-5H3,(H2,23,25,26,27)/b22-14+. The molecule has 0 aliphatic rings. The molecule has 2 N–H and O–H groups in total. The van der Waals surface area contributed by atoms with Gasteiger partial charge in [0.2, 0.25) is 0 Å². The van der Waals surface area contributed by atoms with Gasteiger partial charge in [0.05, 0.1) is 19.4 Å². The van der Waals surface area contributed by atoms with E-state index in [0.717, 1.165) is 30.6 Å². The normalized spacial score (nSPS) is 11.6. The first-order valence-electron chi connectivity index (χ1n) is 10.0. The van der Waals surface area contributed by atoms with Crippen LogP contribution in [-0.2, 0) is 5.41 Å². The number of hydrazone groups is 1. The fourth-order valence-electron chi connectivity index (χ4n) is 2.63. The highest BCUT2D eigenvalue weighted by Gasteiger charge is 2.21. The van der Waals surface area contributed by atoms with E-state index in [1.54, 1.807) is 6.21 Å². The molecule has 8 heteroatoms. The molecule has 0 unspecified atom stereocenters. The summed E-state index contributed by atoms with van der Waals surface area (Å²) in [5.74, 6) is 1.74. The van der Waals surface area contributed by atoms with Crippen molar-refractivity contribution in [2.75, 3.05) is 18.6 Å². The summed E-state index contributed by atoms with van der Waals surface area (Å²) in [5, 5.41) is 10.7. The summed E-state index contributed by atoms with van der Waals surface area (Å²) in [6.07, 6.45) is 4.95. The van der Waals surface area contributed by atoms with E-state index < -0.39 is 5.69 Å². The first kappa shape index (κ1) is 22.4. The Hall–Kier alpha value is -2.90. The Morgan fingerprint density at radius 3 is 2.66 bits per heavy atom. The Labute approximate surface area is 171 Å². The van der Waals surface area contributed by atoms with Crippen molar-refractivity contribution in [1.82, 2.24) is 15.2 Å². The molecule has 2 rings (SSSR count). The molecule has 2 aromatic rings. The van der Waals surface area contributed by atoms with Gasteiger partial charge in [-0.25, -0.2) is 9.89 Å². The SMILES string of the molecule is CCCCCOc1ccc(/C=N/Nc2nc(=O)[nH]nc2C(C)(C)C)cc1OCC. The van der Waals surface area contributed by atoms with Gasteiger partial charge >= 0.3 is 5.69 Å². The summed E-state index contributed by atoms with van der Waals surface area (Å²) in [6.45, 7) is 11.3. The maximum atomic E-state index is 11.5. The van der Waals surface area contributed by atoms with Crippen LogP contribution in [0, 0.1) is 0 Å². The molecule has 0 bridgehead atoms. The van der Waals surface area contributed by atoms with E-state index in [1.165, 1.54) is 0 Å². The predicted molar refractivity (Wildman–Crippen MR) is 115 cm³/mol. The number of ether oxygens (including phenoxy) is 2. The molecule has 1 heterocycles. The molecule has 0 saturated heterocycles. The van der Waals surface area contributed by atoms with Crippen LogP contribution >= 0.6 is 0 Å². The lowest BCUT2D eigenvalue weighted by molar-refractivity contribution is 0.271. The van der Waals surface area contributed by atoms with Crippen molar-refractivity contribution in [3.8, 4) is 11.5 Å². The fourth-order valence-corrected chi connectivity index (χ4v) is 2.63. The zero-order valence-corrected chi connectivity index (χ0v) is 17.9. The van der Waals surface area contributed by atoms with Crippen LogP contribution in [0.15, 0.2) is 28.1 Å². The average molecular weight is 402 g/mol. The molecule has 0 spiro atoms. The van der Waals surface area contributed by atoms with Gasteiger partial charge in [-0.3, -0.25) is 5.43 Å². The third kappa shape index (κ3) is 6.89. The molecule has 0 amide bonds. The van der Waals surface area contributed by atoms with Crippen molar-refractivity contribution in [1.29, 1.82) is 0 Å². The third-order valence-corrected chi connectivity index (χ3v) is 4.07. The predicted octanol–water partition coefficient (Wildman–Crippen LogP) is 3.88. The number of benzene rings is 1. The number of anilines is 1. The van der Waals surface area contributed by atoms with E-state index in [0.29, 0.717) is 30.5 Å². The molecular formula is C21H31N5O3. The second kappa shape index (κ2) is 10.6. The summed E-state index contributed by atoms with van der Waals surface area (Å²) >= 11 is 0. The van der Waals surface area contributed by atoms with Gasteiger partial charge in [-0.1, -0.05) is 40.5 Å². The lowest BCUT2D eigenvalue weighted by Gasteiger charge is -2.18. The monoisotopic (exact) mass is 401 g/mol. The Morgan fingerprint density at radius 2 is 1.97 bits per heavy atom. The zero-order chi connectivity index (χ0) is 21.3. The maximum absolute atomic E-state index is 11.5. The van der Waals surface area contributed by atoms with E-state index in [9.17, 15) is 4.79 Å². The molecule has 29 heavy (non-hydrogen) atoms. The molecule has 0 aliphatic carbocycles. The summed E-state index contributed by atoms with van der Waals surface area (Å²) in [6, 6.07) is 5.65. The van der Waals surface area contributed by atoms with Gasteiger partial charge in [0.25, 0.3) is 0 Å². The van der Waals surface area contributed by atoms with Crippen LogP contribution in [0.3, 0.4) is 0 Å². The van der Waals surface area contributed by atoms with E-state index >= 15 is 0 Å². The van der Waals surface area contributed by atoms with Crippen molar-refractivity contribution in [2.24, 2.45) is 5.10 Å². The number of nitrogens with zero attached hydrogens (tertiary/aromatic N) is 3. The number of nitrogens with one attached hydrogen (secondary N) is 2. The Morgan fingerprint density at radius 1 is 1.17 bits per heavy atom. The number of H-pyrrole nitrogens is 1. The Bertz CT molecular complexity index is 871. The van der Waals surface area contributed by atoms with Crippen LogP contribution in [-0.4, -0.2) is 34.6 Å². The smallest absolute Gasteiger partial charge is 0.363 e. The fraction of sp³-hybridized carbons (Fsp3) is 0.524. The molecule has 8 nitrogen and oxygen atoms in total. The minimum absolute atomic E-state index is 0.298. The highest BCUT2D eigenvalue weighted by atomic mass is 16.5. The lowest BCUT2D eigenvalue weighted by atomic mass is 9.92. The first-order chi connectivity index (χ1) is 13.8. The molecule has 1 aromatic carbocycles. The lowest BCUT2D eigenvalue weighted by Crippen LogP contribution is -2.24. The van der Waals surface area contributed by atoms with Gasteiger partial charge < -0.3 is 9.47 Å². The number of aromatic amines is 1. The second-order valence-corrected chi connectivity index (χ2v) is 7.65. The minimum atomic E-state index is -0.529. The van der Waals surface area contributed by atoms with Crippen molar-refractivity contribution in [2.45, 2.75) is 59.3 Å². The number of aromatic nitrogens is 3. The van der Waals surface area contributed by atoms with E-state index in [4.69, 9.17) is 9.47 Å². The summed E-state index contributed by atoms with van der Waals surface area (Å²) in [5.41, 5.74) is 3.46. The van der Waals surface area contributed by atoms with Gasteiger partial charge in [-0.2, -0.15) is 15.2 Å². The molecule has 158 valence electrons. The van der Waals surface area contributed by atoms with Crippen LogP contribution < -0.4 is 20.6 Å².